The number of carbonyl (C=O) groups excluding carboxylic acids is 1. The Balaban J connectivity index is 1.20. The zero-order chi connectivity index (χ0) is 22.6. The van der Waals surface area contributed by atoms with E-state index < -0.39 is 0 Å². The van der Waals surface area contributed by atoms with Crippen molar-refractivity contribution in [3.8, 4) is 5.75 Å². The highest BCUT2D eigenvalue weighted by atomic mass is 35.5. The van der Waals surface area contributed by atoms with Gasteiger partial charge in [0.15, 0.2) is 0 Å². The first-order chi connectivity index (χ1) is 16.1. The number of hydrogen-bond acceptors (Lipinski definition) is 4. The smallest absolute Gasteiger partial charge is 0.265 e. The molecule has 2 aromatic heterocycles. The minimum atomic E-state index is -0.142. The van der Waals surface area contributed by atoms with Crippen molar-refractivity contribution in [3.05, 3.63) is 112 Å². The van der Waals surface area contributed by atoms with Crippen molar-refractivity contribution in [2.24, 2.45) is 0 Å². The number of anilines is 1. The molecule has 0 spiro atoms. The molecule has 33 heavy (non-hydrogen) atoms. The van der Waals surface area contributed by atoms with E-state index in [0.29, 0.717) is 23.1 Å². The molecule has 5 rings (SSSR count). The average molecular weight is 474 g/mol. The predicted octanol–water partition coefficient (Wildman–Crippen LogP) is 6.63. The van der Waals surface area contributed by atoms with Crippen molar-refractivity contribution in [1.82, 2.24) is 9.78 Å². The molecule has 5 nitrogen and oxygen atoms in total. The maximum absolute atomic E-state index is 12.7. The van der Waals surface area contributed by atoms with Crippen molar-refractivity contribution in [3.63, 3.8) is 0 Å². The van der Waals surface area contributed by atoms with Crippen LogP contribution in [0.3, 0.4) is 0 Å². The first-order valence-electron chi connectivity index (χ1n) is 10.4. The molecule has 3 aromatic carbocycles. The minimum absolute atomic E-state index is 0.142. The number of thiophene rings is 1. The third-order valence-corrected chi connectivity index (χ3v) is 6.31. The van der Waals surface area contributed by atoms with Gasteiger partial charge in [0.2, 0.25) is 0 Å². The molecule has 0 radical (unpaired) electrons. The van der Waals surface area contributed by atoms with E-state index in [1.807, 2.05) is 66.0 Å². The van der Waals surface area contributed by atoms with Gasteiger partial charge in [-0.05, 0) is 52.0 Å². The summed E-state index contributed by atoms with van der Waals surface area (Å²) in [5.41, 5.74) is 2.71. The molecule has 5 aromatic rings. The molecule has 0 aliphatic rings. The number of hydrogen-bond donors (Lipinski definition) is 1. The zero-order valence-electron chi connectivity index (χ0n) is 17.6. The van der Waals surface area contributed by atoms with Gasteiger partial charge in [0, 0.05) is 17.4 Å². The molecule has 0 saturated carbocycles. The third kappa shape index (κ3) is 5.25. The Labute approximate surface area is 200 Å². The highest BCUT2D eigenvalue weighted by molar-refractivity contribution is 7.12. The van der Waals surface area contributed by atoms with Crippen LogP contribution in [0.4, 0.5) is 5.69 Å². The van der Waals surface area contributed by atoms with Crippen molar-refractivity contribution in [2.45, 2.75) is 13.2 Å². The van der Waals surface area contributed by atoms with E-state index in [2.05, 4.69) is 22.5 Å². The van der Waals surface area contributed by atoms with Crippen LogP contribution in [0.25, 0.3) is 10.8 Å². The lowest BCUT2D eigenvalue weighted by molar-refractivity contribution is 0.103. The van der Waals surface area contributed by atoms with Crippen LogP contribution >= 0.6 is 22.9 Å². The highest BCUT2D eigenvalue weighted by Gasteiger charge is 2.11. The number of fused-ring (bicyclic) bond motifs is 1. The van der Waals surface area contributed by atoms with E-state index in [1.165, 1.54) is 16.7 Å². The third-order valence-electron chi connectivity index (χ3n) is 5.14. The molecular formula is C26H20ClN3O2S. The van der Waals surface area contributed by atoms with Crippen LogP contribution in [0, 0.1) is 0 Å². The fourth-order valence-electron chi connectivity index (χ4n) is 3.55. The number of carbonyl (C=O) groups is 1. The molecule has 164 valence electrons. The van der Waals surface area contributed by atoms with Gasteiger partial charge in [0.1, 0.15) is 12.4 Å². The second-order valence-corrected chi connectivity index (χ2v) is 8.98. The summed E-state index contributed by atoms with van der Waals surface area (Å²) in [4.78, 5) is 13.4. The molecular weight excluding hydrogens is 454 g/mol. The summed E-state index contributed by atoms with van der Waals surface area (Å²) >= 11 is 7.33. The Morgan fingerprint density at radius 2 is 1.88 bits per heavy atom. The first kappa shape index (κ1) is 21.2. The van der Waals surface area contributed by atoms with Gasteiger partial charge in [-0.1, -0.05) is 54.1 Å². The van der Waals surface area contributed by atoms with Crippen molar-refractivity contribution in [1.29, 1.82) is 0 Å². The van der Waals surface area contributed by atoms with Crippen LogP contribution in [0.1, 0.15) is 20.8 Å². The topological polar surface area (TPSA) is 56.2 Å². The lowest BCUT2D eigenvalue weighted by Gasteiger charge is -2.07. The molecule has 0 aliphatic carbocycles. The van der Waals surface area contributed by atoms with Gasteiger partial charge in [-0.25, -0.2) is 0 Å². The molecule has 0 bridgehead atoms. The lowest BCUT2D eigenvalue weighted by atomic mass is 10.1. The normalized spacial score (nSPS) is 10.9. The van der Waals surface area contributed by atoms with Gasteiger partial charge in [0.25, 0.3) is 5.91 Å². The summed E-state index contributed by atoms with van der Waals surface area (Å²) in [6, 6.07) is 23.8. The fourth-order valence-corrected chi connectivity index (χ4v) is 4.49. The van der Waals surface area contributed by atoms with E-state index in [1.54, 1.807) is 17.1 Å². The van der Waals surface area contributed by atoms with E-state index >= 15 is 0 Å². The Morgan fingerprint density at radius 3 is 2.73 bits per heavy atom. The number of benzene rings is 3. The van der Waals surface area contributed by atoms with Gasteiger partial charge < -0.3 is 10.1 Å². The summed E-state index contributed by atoms with van der Waals surface area (Å²) in [5.74, 6) is 0.664. The highest BCUT2D eigenvalue weighted by Crippen LogP contribution is 2.23. The molecule has 7 heteroatoms. The number of nitrogens with zero attached hydrogens (tertiary/aromatic N) is 2. The van der Waals surface area contributed by atoms with Gasteiger partial charge in [-0.2, -0.15) is 5.10 Å². The molecule has 0 atom stereocenters. The monoisotopic (exact) mass is 473 g/mol. The Morgan fingerprint density at radius 1 is 1.00 bits per heavy atom. The number of halogens is 1. The maximum Gasteiger partial charge on any atom is 0.265 e. The molecule has 0 unspecified atom stereocenters. The van der Waals surface area contributed by atoms with Crippen LogP contribution in [0.5, 0.6) is 5.75 Å². The Kier molecular flexibility index (Phi) is 6.11. The van der Waals surface area contributed by atoms with Crippen molar-refractivity contribution >= 4 is 45.3 Å². The van der Waals surface area contributed by atoms with Crippen LogP contribution in [0.2, 0.25) is 5.02 Å². The SMILES string of the molecule is O=C(Nc1cccc(Cn2cc(Cl)cn2)c1)c1cc(COc2ccc3ccccc3c2)cs1. The number of rotatable bonds is 7. The van der Waals surface area contributed by atoms with E-state index in [-0.39, 0.29) is 5.91 Å². The standard InChI is InChI=1S/C26H20ClN3O2S/c27-22-13-28-30(15-22)14-18-4-3-7-23(10-18)29-26(31)25-11-19(17-33-25)16-32-24-9-8-20-5-1-2-6-21(20)12-24/h1-13,15,17H,14,16H2,(H,29,31). The maximum atomic E-state index is 12.7. The second-order valence-electron chi connectivity index (χ2n) is 7.63. The Bertz CT molecular complexity index is 1430. The Hall–Kier alpha value is -3.61. The van der Waals surface area contributed by atoms with E-state index in [9.17, 15) is 4.79 Å². The number of aromatic nitrogens is 2. The quantitative estimate of drug-likeness (QED) is 0.288. The molecule has 0 fully saturated rings. The zero-order valence-corrected chi connectivity index (χ0v) is 19.1. The van der Waals surface area contributed by atoms with E-state index in [0.717, 1.165) is 28.0 Å². The predicted molar refractivity (Wildman–Crippen MR) is 133 cm³/mol. The second kappa shape index (κ2) is 9.48. The molecule has 0 saturated heterocycles. The summed E-state index contributed by atoms with van der Waals surface area (Å²) in [5, 5.41) is 12.0. The van der Waals surface area contributed by atoms with Gasteiger partial charge >= 0.3 is 0 Å². The lowest BCUT2D eigenvalue weighted by Crippen LogP contribution is -2.10. The van der Waals surface area contributed by atoms with E-state index in [4.69, 9.17) is 16.3 Å². The van der Waals surface area contributed by atoms with Crippen molar-refractivity contribution in [2.75, 3.05) is 5.32 Å². The van der Waals surface area contributed by atoms with Crippen LogP contribution < -0.4 is 10.1 Å². The van der Waals surface area contributed by atoms with Gasteiger partial charge in [0.05, 0.1) is 22.6 Å². The van der Waals surface area contributed by atoms with Gasteiger partial charge in [-0.15, -0.1) is 11.3 Å². The van der Waals surface area contributed by atoms with Crippen molar-refractivity contribution < 1.29 is 9.53 Å². The fraction of sp³-hybridized carbons (Fsp3) is 0.0769. The number of nitrogens with one attached hydrogen (secondary N) is 1. The van der Waals surface area contributed by atoms with Crippen LogP contribution in [-0.2, 0) is 13.2 Å². The van der Waals surface area contributed by atoms with Crippen LogP contribution in [0.15, 0.2) is 90.6 Å². The minimum Gasteiger partial charge on any atom is -0.489 e. The first-order valence-corrected chi connectivity index (χ1v) is 11.7. The molecule has 1 N–H and O–H groups in total. The average Bonchev–Trinajstić information content (AvgIpc) is 3.47. The molecule has 2 heterocycles. The largest absolute Gasteiger partial charge is 0.489 e. The summed E-state index contributed by atoms with van der Waals surface area (Å²) in [6.45, 7) is 0.982. The number of amides is 1. The summed E-state index contributed by atoms with van der Waals surface area (Å²) < 4.78 is 7.70. The summed E-state index contributed by atoms with van der Waals surface area (Å²) in [6.07, 6.45) is 3.37. The van der Waals surface area contributed by atoms with Gasteiger partial charge in [-0.3, -0.25) is 9.48 Å². The number of ether oxygens (including phenoxy) is 1. The van der Waals surface area contributed by atoms with Crippen LogP contribution in [-0.4, -0.2) is 15.7 Å². The molecule has 1 amide bonds. The molecule has 0 aliphatic heterocycles. The summed E-state index contributed by atoms with van der Waals surface area (Å²) in [7, 11) is 0.